The summed E-state index contributed by atoms with van der Waals surface area (Å²) >= 11 is 0. The average molecular weight is 697 g/mol. The van der Waals surface area contributed by atoms with Gasteiger partial charge in [-0.2, -0.15) is 8.78 Å². The van der Waals surface area contributed by atoms with Crippen molar-refractivity contribution in [1.29, 1.82) is 0 Å². The van der Waals surface area contributed by atoms with Crippen LogP contribution in [0.5, 0.6) is 0 Å². The summed E-state index contributed by atoms with van der Waals surface area (Å²) in [5.74, 6) is -2.45. The molecular formula is C39H42F2N6O4. The predicted molar refractivity (Wildman–Crippen MR) is 189 cm³/mol. The molecule has 266 valence electrons. The van der Waals surface area contributed by atoms with E-state index in [0.29, 0.717) is 66.5 Å². The molecule has 8 rings (SSSR count). The first kappa shape index (κ1) is 33.5. The van der Waals surface area contributed by atoms with Gasteiger partial charge in [-0.1, -0.05) is 43.7 Å². The highest BCUT2D eigenvalue weighted by Crippen LogP contribution is 2.52. The molecule has 10 nitrogen and oxygen atoms in total. The third-order valence-corrected chi connectivity index (χ3v) is 9.83. The fourth-order valence-electron chi connectivity index (χ4n) is 7.27. The van der Waals surface area contributed by atoms with Gasteiger partial charge in [0.1, 0.15) is 17.2 Å². The molecule has 0 saturated carbocycles. The Morgan fingerprint density at radius 1 is 0.980 bits per heavy atom. The summed E-state index contributed by atoms with van der Waals surface area (Å²) in [6.45, 7) is 10.1. The number of H-pyrrole nitrogens is 2. The second-order valence-electron chi connectivity index (χ2n) is 14.7. The lowest BCUT2D eigenvalue weighted by Gasteiger charge is -2.26. The van der Waals surface area contributed by atoms with Crippen LogP contribution in [-0.2, 0) is 26.7 Å². The zero-order valence-electron chi connectivity index (χ0n) is 29.2. The minimum Gasteiger partial charge on any atom is -0.444 e. The lowest BCUT2D eigenvalue weighted by molar-refractivity contribution is -0.141. The van der Waals surface area contributed by atoms with E-state index in [-0.39, 0.29) is 23.7 Å². The molecule has 3 aromatic carbocycles. The number of aromatic amines is 2. The van der Waals surface area contributed by atoms with Crippen LogP contribution in [0.15, 0.2) is 60.8 Å². The highest BCUT2D eigenvalue weighted by Gasteiger charge is 2.46. The number of rotatable bonds is 8. The van der Waals surface area contributed by atoms with Gasteiger partial charge in [0.05, 0.1) is 55.3 Å². The fraction of sp³-hybridized carbons (Fsp3) is 0.410. The van der Waals surface area contributed by atoms with E-state index in [2.05, 4.69) is 27.2 Å². The Bertz CT molecular complexity index is 2110. The third-order valence-electron chi connectivity index (χ3n) is 9.83. The summed E-state index contributed by atoms with van der Waals surface area (Å²) in [7, 11) is 0. The number of amides is 1. The number of carbonyl (C=O) groups is 1. The zero-order valence-corrected chi connectivity index (χ0v) is 29.2. The first-order valence-electron chi connectivity index (χ1n) is 17.6. The minimum absolute atomic E-state index is 0.0243. The average Bonchev–Trinajstić information content (AvgIpc) is 3.94. The number of hydrogen-bond acceptors (Lipinski definition) is 7. The van der Waals surface area contributed by atoms with Gasteiger partial charge in [-0.25, -0.2) is 14.8 Å². The van der Waals surface area contributed by atoms with Crippen molar-refractivity contribution >= 4 is 17.1 Å². The van der Waals surface area contributed by atoms with Crippen molar-refractivity contribution in [3.63, 3.8) is 0 Å². The van der Waals surface area contributed by atoms with E-state index in [1.807, 2.05) is 51.1 Å². The molecule has 51 heavy (non-hydrogen) atoms. The largest absolute Gasteiger partial charge is 0.444 e. The van der Waals surface area contributed by atoms with E-state index < -0.39 is 23.4 Å². The lowest BCUT2D eigenvalue weighted by Crippen LogP contribution is -2.37. The van der Waals surface area contributed by atoms with Crippen molar-refractivity contribution in [3.8, 4) is 33.5 Å². The number of halogens is 2. The molecule has 2 aliphatic heterocycles. The number of nitrogens with zero attached hydrogens (tertiary/aromatic N) is 3. The summed E-state index contributed by atoms with van der Waals surface area (Å²) in [6.07, 6.45) is 3.61. The van der Waals surface area contributed by atoms with E-state index in [0.717, 1.165) is 35.3 Å². The molecule has 1 spiro atoms. The van der Waals surface area contributed by atoms with Crippen LogP contribution in [0.3, 0.4) is 0 Å². The monoisotopic (exact) mass is 696 g/mol. The molecule has 2 saturated heterocycles. The van der Waals surface area contributed by atoms with Crippen molar-refractivity contribution in [3.05, 3.63) is 83.6 Å². The minimum atomic E-state index is -3.20. The number of aromatic nitrogens is 4. The predicted octanol–water partition coefficient (Wildman–Crippen LogP) is 8.06. The maximum absolute atomic E-state index is 16.3. The maximum Gasteiger partial charge on any atom is 0.410 e. The number of unbranched alkanes of at least 4 members (excludes halogenated alkanes) is 1. The van der Waals surface area contributed by atoms with Gasteiger partial charge in [-0.05, 0) is 73.7 Å². The summed E-state index contributed by atoms with van der Waals surface area (Å²) in [4.78, 5) is 30.4. The van der Waals surface area contributed by atoms with Crippen molar-refractivity contribution in [2.24, 2.45) is 0 Å². The first-order valence-corrected chi connectivity index (χ1v) is 17.6. The molecule has 4 heterocycles. The summed E-state index contributed by atoms with van der Waals surface area (Å²) in [5, 5.41) is 3.45. The Labute approximate surface area is 294 Å². The van der Waals surface area contributed by atoms with Crippen molar-refractivity contribution in [1.82, 2.24) is 30.2 Å². The first-order chi connectivity index (χ1) is 24.4. The molecule has 12 heteroatoms. The van der Waals surface area contributed by atoms with E-state index in [4.69, 9.17) is 19.2 Å². The highest BCUT2D eigenvalue weighted by atomic mass is 19.3. The van der Waals surface area contributed by atoms with Gasteiger partial charge in [0, 0.05) is 29.7 Å². The third kappa shape index (κ3) is 6.30. The van der Waals surface area contributed by atoms with Crippen LogP contribution in [0.4, 0.5) is 13.6 Å². The SMILES string of the molecule is CCCCN(Cc1ncc(-c2ccc3c(c2)C(F)(F)c2cc(-c4ccc5nc([C@@H]6CC7(CN6)OCCO7)[nH]c5c4)ccc2-3)[nH]1)C(=O)OC(C)(C)C. The van der Waals surface area contributed by atoms with Gasteiger partial charge in [-0.15, -0.1) is 0 Å². The number of imidazole rings is 2. The Hall–Kier alpha value is -4.65. The van der Waals surface area contributed by atoms with E-state index in [1.165, 1.54) is 6.07 Å². The van der Waals surface area contributed by atoms with Crippen LogP contribution in [0.2, 0.25) is 0 Å². The van der Waals surface area contributed by atoms with Crippen LogP contribution in [0.1, 0.15) is 75.8 Å². The quantitative estimate of drug-likeness (QED) is 0.150. The molecule has 3 aliphatic rings. The number of fused-ring (bicyclic) bond motifs is 4. The molecule has 2 fully saturated rings. The molecule has 5 aromatic rings. The second kappa shape index (κ2) is 12.5. The van der Waals surface area contributed by atoms with Gasteiger partial charge >= 0.3 is 6.09 Å². The number of ether oxygens (including phenoxy) is 3. The molecule has 1 aliphatic carbocycles. The maximum atomic E-state index is 16.3. The fourth-order valence-corrected chi connectivity index (χ4v) is 7.27. The molecule has 1 atom stereocenters. The van der Waals surface area contributed by atoms with Gasteiger partial charge < -0.3 is 34.4 Å². The standard InChI is InChI=1S/C39H42F2N6O4/c1-5-6-13-47(36(48)51-37(2,3)4)21-34-42-20-33(44-34)25-8-11-27-26-10-7-23(16-28(26)39(40,41)29(27)17-25)24-9-12-30-31(18-24)46-35(45-30)32-19-38(22-43-32)49-14-15-50-38/h7-12,16-18,20,32,43H,5-6,13-15,19,21-22H2,1-4H3,(H,42,44)(H,45,46)/t32-/m0/s1. The summed E-state index contributed by atoms with van der Waals surface area (Å²) < 4.78 is 49.8. The normalized spacial score (nSPS) is 18.7. The highest BCUT2D eigenvalue weighted by molar-refractivity contribution is 5.87. The molecule has 1 amide bonds. The molecular weight excluding hydrogens is 654 g/mol. The van der Waals surface area contributed by atoms with E-state index in [9.17, 15) is 4.79 Å². The van der Waals surface area contributed by atoms with Crippen molar-refractivity contribution < 1.29 is 27.8 Å². The van der Waals surface area contributed by atoms with Crippen LogP contribution < -0.4 is 5.32 Å². The summed E-state index contributed by atoms with van der Waals surface area (Å²) in [6, 6.07) is 16.1. The Kier molecular flexibility index (Phi) is 8.23. The molecule has 0 bridgehead atoms. The number of carbonyl (C=O) groups excluding carboxylic acids is 1. The molecule has 0 unspecified atom stereocenters. The van der Waals surface area contributed by atoms with Gasteiger partial charge in [0.25, 0.3) is 5.92 Å². The van der Waals surface area contributed by atoms with Crippen LogP contribution in [0, 0.1) is 0 Å². The van der Waals surface area contributed by atoms with E-state index >= 15 is 8.78 Å². The van der Waals surface area contributed by atoms with Gasteiger partial charge in [0.2, 0.25) is 0 Å². The summed E-state index contributed by atoms with van der Waals surface area (Å²) in [5.41, 5.74) is 4.65. The Morgan fingerprint density at radius 3 is 2.39 bits per heavy atom. The zero-order chi connectivity index (χ0) is 35.5. The number of nitrogens with one attached hydrogen (secondary N) is 3. The molecule has 0 radical (unpaired) electrons. The van der Waals surface area contributed by atoms with Crippen LogP contribution >= 0.6 is 0 Å². The smallest absolute Gasteiger partial charge is 0.410 e. The van der Waals surface area contributed by atoms with Crippen LogP contribution in [0.25, 0.3) is 44.5 Å². The van der Waals surface area contributed by atoms with E-state index in [1.54, 1.807) is 29.3 Å². The van der Waals surface area contributed by atoms with Gasteiger partial charge in [-0.3, -0.25) is 0 Å². The lowest BCUT2D eigenvalue weighted by atomic mass is 9.98. The second-order valence-corrected chi connectivity index (χ2v) is 14.7. The number of hydrogen-bond donors (Lipinski definition) is 3. The number of benzene rings is 3. The Morgan fingerprint density at radius 2 is 1.67 bits per heavy atom. The van der Waals surface area contributed by atoms with Crippen molar-refractivity contribution in [2.45, 2.75) is 76.9 Å². The topological polar surface area (TPSA) is 117 Å². The Balaban J connectivity index is 1.02. The number of alkyl halides is 2. The van der Waals surface area contributed by atoms with Crippen LogP contribution in [-0.4, -0.2) is 68.6 Å². The van der Waals surface area contributed by atoms with Crippen molar-refractivity contribution in [2.75, 3.05) is 26.3 Å². The molecule has 3 N–H and O–H groups in total. The molecule has 2 aromatic heterocycles. The van der Waals surface area contributed by atoms with Gasteiger partial charge in [0.15, 0.2) is 5.79 Å².